The van der Waals surface area contributed by atoms with Crippen LogP contribution in [0.2, 0.25) is 0 Å². The standard InChI is InChI=1S/C16H27N3/c1-13(2)14(3)12-18-15-6-10-19(11-7-15)16-4-8-17-9-5-16/h4-5,8-9,13-15,18H,6-7,10-12H2,1-3H3. The normalized spacial score (nSPS) is 18.8. The molecule has 0 amide bonds. The molecule has 1 N–H and O–H groups in total. The van der Waals surface area contributed by atoms with Gasteiger partial charge in [0.1, 0.15) is 0 Å². The highest BCUT2D eigenvalue weighted by atomic mass is 15.1. The predicted molar refractivity (Wildman–Crippen MR) is 81.5 cm³/mol. The third-order valence-corrected chi connectivity index (χ3v) is 4.39. The lowest BCUT2D eigenvalue weighted by atomic mass is 9.97. The minimum absolute atomic E-state index is 0.694. The van der Waals surface area contributed by atoms with Gasteiger partial charge in [0.2, 0.25) is 0 Å². The number of anilines is 1. The van der Waals surface area contributed by atoms with Gasteiger partial charge < -0.3 is 10.2 Å². The molecule has 0 bridgehead atoms. The molecule has 1 fully saturated rings. The van der Waals surface area contributed by atoms with Gasteiger partial charge in [-0.1, -0.05) is 20.8 Å². The van der Waals surface area contributed by atoms with Crippen LogP contribution in [0.1, 0.15) is 33.6 Å². The van der Waals surface area contributed by atoms with Gasteiger partial charge in [-0.25, -0.2) is 0 Å². The second kappa shape index (κ2) is 6.90. The first kappa shape index (κ1) is 14.3. The van der Waals surface area contributed by atoms with Gasteiger partial charge in [-0.05, 0) is 43.4 Å². The Labute approximate surface area is 117 Å². The van der Waals surface area contributed by atoms with E-state index in [1.807, 2.05) is 12.4 Å². The molecule has 2 heterocycles. The summed E-state index contributed by atoms with van der Waals surface area (Å²) < 4.78 is 0. The highest BCUT2D eigenvalue weighted by Gasteiger charge is 2.19. The molecule has 0 radical (unpaired) electrons. The van der Waals surface area contributed by atoms with Gasteiger partial charge in [-0.2, -0.15) is 0 Å². The average molecular weight is 261 g/mol. The summed E-state index contributed by atoms with van der Waals surface area (Å²) in [6.07, 6.45) is 6.24. The fourth-order valence-electron chi connectivity index (χ4n) is 2.48. The van der Waals surface area contributed by atoms with Gasteiger partial charge in [-0.15, -0.1) is 0 Å². The van der Waals surface area contributed by atoms with Crippen molar-refractivity contribution in [2.24, 2.45) is 11.8 Å². The first-order valence-corrected chi connectivity index (χ1v) is 7.55. The first-order valence-electron chi connectivity index (χ1n) is 7.55. The molecule has 0 saturated carbocycles. The molecular formula is C16H27N3. The zero-order chi connectivity index (χ0) is 13.7. The average Bonchev–Trinajstić information content (AvgIpc) is 2.46. The van der Waals surface area contributed by atoms with Gasteiger partial charge >= 0.3 is 0 Å². The van der Waals surface area contributed by atoms with Gasteiger partial charge in [-0.3, -0.25) is 4.98 Å². The van der Waals surface area contributed by atoms with Crippen molar-refractivity contribution >= 4 is 5.69 Å². The second-order valence-corrected chi connectivity index (χ2v) is 6.10. The number of aromatic nitrogens is 1. The zero-order valence-electron chi connectivity index (χ0n) is 12.5. The highest BCUT2D eigenvalue weighted by molar-refractivity contribution is 5.44. The van der Waals surface area contributed by atoms with Crippen molar-refractivity contribution in [3.63, 3.8) is 0 Å². The molecule has 19 heavy (non-hydrogen) atoms. The van der Waals surface area contributed by atoms with Crippen molar-refractivity contribution in [1.29, 1.82) is 0 Å². The lowest BCUT2D eigenvalue weighted by molar-refractivity contribution is 0.340. The molecule has 1 aliphatic rings. The lowest BCUT2D eigenvalue weighted by Gasteiger charge is -2.34. The van der Waals surface area contributed by atoms with Crippen molar-refractivity contribution in [2.45, 2.75) is 39.7 Å². The number of nitrogens with zero attached hydrogens (tertiary/aromatic N) is 2. The molecule has 3 heteroatoms. The molecule has 0 spiro atoms. The number of pyridine rings is 1. The summed E-state index contributed by atoms with van der Waals surface area (Å²) in [6.45, 7) is 10.4. The van der Waals surface area contributed by atoms with Gasteiger partial charge in [0.25, 0.3) is 0 Å². The zero-order valence-corrected chi connectivity index (χ0v) is 12.5. The van der Waals surface area contributed by atoms with Crippen molar-refractivity contribution < 1.29 is 0 Å². The number of piperidine rings is 1. The van der Waals surface area contributed by atoms with E-state index in [-0.39, 0.29) is 0 Å². The van der Waals surface area contributed by atoms with Crippen LogP contribution in [0, 0.1) is 11.8 Å². The Hall–Kier alpha value is -1.09. The van der Waals surface area contributed by atoms with E-state index in [2.05, 4.69) is 48.1 Å². The van der Waals surface area contributed by atoms with Crippen molar-refractivity contribution in [3.05, 3.63) is 24.5 Å². The lowest BCUT2D eigenvalue weighted by Crippen LogP contribution is -2.44. The summed E-state index contributed by atoms with van der Waals surface area (Å²) in [7, 11) is 0. The van der Waals surface area contributed by atoms with E-state index in [9.17, 15) is 0 Å². The van der Waals surface area contributed by atoms with Gasteiger partial charge in [0, 0.05) is 37.2 Å². The third kappa shape index (κ3) is 4.20. The quantitative estimate of drug-likeness (QED) is 0.883. The third-order valence-electron chi connectivity index (χ3n) is 4.39. The van der Waals surface area contributed by atoms with Crippen LogP contribution in [0.15, 0.2) is 24.5 Å². The van der Waals surface area contributed by atoms with Gasteiger partial charge in [0.15, 0.2) is 0 Å². The van der Waals surface area contributed by atoms with Crippen LogP contribution in [0.5, 0.6) is 0 Å². The summed E-state index contributed by atoms with van der Waals surface area (Å²) >= 11 is 0. The number of rotatable bonds is 5. The van der Waals surface area contributed by atoms with Crippen LogP contribution >= 0.6 is 0 Å². The molecule has 2 rings (SSSR count). The smallest absolute Gasteiger partial charge is 0.0397 e. The van der Waals surface area contributed by atoms with Crippen LogP contribution in [-0.2, 0) is 0 Å². The van der Waals surface area contributed by atoms with Crippen LogP contribution < -0.4 is 10.2 Å². The molecule has 0 aromatic carbocycles. The number of hydrogen-bond acceptors (Lipinski definition) is 3. The Morgan fingerprint density at radius 2 is 1.84 bits per heavy atom. The monoisotopic (exact) mass is 261 g/mol. The largest absolute Gasteiger partial charge is 0.371 e. The maximum atomic E-state index is 4.08. The second-order valence-electron chi connectivity index (χ2n) is 6.10. The Morgan fingerprint density at radius 1 is 1.21 bits per heavy atom. The Kier molecular flexibility index (Phi) is 5.20. The molecule has 1 atom stereocenters. The molecule has 0 aliphatic carbocycles. The first-order chi connectivity index (χ1) is 9.16. The Balaban J connectivity index is 1.74. The molecule has 1 aromatic rings. The minimum atomic E-state index is 0.694. The van der Waals surface area contributed by atoms with Crippen LogP contribution in [0.4, 0.5) is 5.69 Å². The molecule has 3 nitrogen and oxygen atoms in total. The summed E-state index contributed by atoms with van der Waals surface area (Å²) in [5.74, 6) is 1.53. The van der Waals surface area contributed by atoms with E-state index in [1.54, 1.807) is 0 Å². The maximum Gasteiger partial charge on any atom is 0.0397 e. The van der Waals surface area contributed by atoms with Crippen LogP contribution in [0.25, 0.3) is 0 Å². The Morgan fingerprint density at radius 3 is 2.42 bits per heavy atom. The summed E-state index contributed by atoms with van der Waals surface area (Å²) in [5, 5.41) is 3.74. The van der Waals surface area contributed by atoms with Crippen molar-refractivity contribution in [1.82, 2.24) is 10.3 Å². The van der Waals surface area contributed by atoms with E-state index in [0.29, 0.717) is 6.04 Å². The van der Waals surface area contributed by atoms with Gasteiger partial charge in [0.05, 0.1) is 0 Å². The van der Waals surface area contributed by atoms with Crippen molar-refractivity contribution in [2.75, 3.05) is 24.5 Å². The SMILES string of the molecule is CC(C)C(C)CNC1CCN(c2ccncc2)CC1. The summed E-state index contributed by atoms with van der Waals surface area (Å²) in [5.41, 5.74) is 1.31. The molecule has 106 valence electrons. The fraction of sp³-hybridized carbons (Fsp3) is 0.688. The van der Waals surface area contributed by atoms with E-state index < -0.39 is 0 Å². The fourth-order valence-corrected chi connectivity index (χ4v) is 2.48. The highest BCUT2D eigenvalue weighted by Crippen LogP contribution is 2.19. The van der Waals surface area contributed by atoms with E-state index >= 15 is 0 Å². The van der Waals surface area contributed by atoms with E-state index in [0.717, 1.165) is 31.5 Å². The van der Waals surface area contributed by atoms with E-state index in [1.165, 1.54) is 18.5 Å². The van der Waals surface area contributed by atoms with E-state index in [4.69, 9.17) is 0 Å². The van der Waals surface area contributed by atoms with Crippen LogP contribution in [0.3, 0.4) is 0 Å². The number of nitrogens with one attached hydrogen (secondary N) is 1. The topological polar surface area (TPSA) is 28.2 Å². The van der Waals surface area contributed by atoms with Crippen molar-refractivity contribution in [3.8, 4) is 0 Å². The molecule has 1 aromatic heterocycles. The molecule has 1 aliphatic heterocycles. The summed E-state index contributed by atoms with van der Waals surface area (Å²) in [4.78, 5) is 6.55. The summed E-state index contributed by atoms with van der Waals surface area (Å²) in [6, 6.07) is 4.91. The molecule has 1 unspecified atom stereocenters. The minimum Gasteiger partial charge on any atom is -0.371 e. The predicted octanol–water partition coefficient (Wildman–Crippen LogP) is 2.93. The molecule has 1 saturated heterocycles. The Bertz CT molecular complexity index is 356. The van der Waals surface area contributed by atoms with Crippen LogP contribution in [-0.4, -0.2) is 30.7 Å². The maximum absolute atomic E-state index is 4.08. The number of hydrogen-bond donors (Lipinski definition) is 1. The molecular weight excluding hydrogens is 234 g/mol.